The predicted molar refractivity (Wildman–Crippen MR) is 103 cm³/mol. The average molecular weight is 341 g/mol. The number of likely N-dealkylation sites (N-methyl/N-ethyl adjacent to an activating group) is 1. The van der Waals surface area contributed by atoms with Gasteiger partial charge in [-0.05, 0) is 42.3 Å². The third-order valence-corrected chi connectivity index (χ3v) is 4.09. The Morgan fingerprint density at radius 1 is 1.21 bits per heavy atom. The lowest BCUT2D eigenvalue weighted by atomic mass is 9.97. The molecule has 2 aromatic carbocycles. The van der Waals surface area contributed by atoms with Crippen LogP contribution in [0.3, 0.4) is 0 Å². The maximum absolute atomic E-state index is 7.84. The second-order valence-corrected chi connectivity index (χ2v) is 5.95. The fourth-order valence-electron chi connectivity index (χ4n) is 2.52. The van der Waals surface area contributed by atoms with Crippen molar-refractivity contribution in [3.05, 3.63) is 69.9 Å². The zero-order valence-corrected chi connectivity index (χ0v) is 14.5. The minimum Gasteiger partial charge on any atom is -0.398 e. The van der Waals surface area contributed by atoms with Gasteiger partial charge in [0.1, 0.15) is 0 Å². The zero-order valence-electron chi connectivity index (χ0n) is 13.8. The minimum atomic E-state index is 0.405. The standard InChI is InChI=1S/C19H21ClN4/c1-12(22)16-10-14(5-8-18(16)23)17(11-21)19(24-2)9-13-3-6-15(20)7-4-13/h3-8,10-11,21-22,24H,9,23H2,1-2H3/b19-17+,21-11?,22-12?. The van der Waals surface area contributed by atoms with Crippen LogP contribution in [0.15, 0.2) is 48.2 Å². The number of nitrogens with two attached hydrogens (primary N) is 1. The first-order valence-corrected chi connectivity index (χ1v) is 7.95. The molecule has 2 rings (SSSR count). The molecule has 2 aromatic rings. The van der Waals surface area contributed by atoms with Crippen LogP contribution in [0.2, 0.25) is 5.02 Å². The molecular weight excluding hydrogens is 320 g/mol. The summed E-state index contributed by atoms with van der Waals surface area (Å²) in [5.41, 5.74) is 11.3. The van der Waals surface area contributed by atoms with Crippen molar-refractivity contribution in [2.24, 2.45) is 0 Å². The van der Waals surface area contributed by atoms with Crippen LogP contribution in [0.4, 0.5) is 5.69 Å². The highest BCUT2D eigenvalue weighted by Crippen LogP contribution is 2.23. The molecular formula is C19H21ClN4. The van der Waals surface area contributed by atoms with Crippen LogP contribution in [-0.2, 0) is 6.42 Å². The topological polar surface area (TPSA) is 85.8 Å². The van der Waals surface area contributed by atoms with E-state index >= 15 is 0 Å². The predicted octanol–water partition coefficient (Wildman–Crippen LogP) is 4.13. The summed E-state index contributed by atoms with van der Waals surface area (Å²) < 4.78 is 0. The van der Waals surface area contributed by atoms with Gasteiger partial charge >= 0.3 is 0 Å². The van der Waals surface area contributed by atoms with Crippen molar-refractivity contribution >= 4 is 34.8 Å². The fraction of sp³-hybridized carbons (Fsp3) is 0.158. The largest absolute Gasteiger partial charge is 0.398 e. The van der Waals surface area contributed by atoms with Crippen molar-refractivity contribution in [1.29, 1.82) is 10.8 Å². The van der Waals surface area contributed by atoms with E-state index in [1.807, 2.05) is 43.4 Å². The fourth-order valence-corrected chi connectivity index (χ4v) is 2.64. The van der Waals surface area contributed by atoms with Gasteiger partial charge in [-0.3, -0.25) is 0 Å². The van der Waals surface area contributed by atoms with E-state index in [1.54, 1.807) is 13.0 Å². The summed E-state index contributed by atoms with van der Waals surface area (Å²) in [5.74, 6) is 0. The summed E-state index contributed by atoms with van der Waals surface area (Å²) in [6.07, 6.45) is 1.98. The molecule has 0 amide bonds. The van der Waals surface area contributed by atoms with Crippen LogP contribution in [-0.4, -0.2) is 19.0 Å². The zero-order chi connectivity index (χ0) is 17.7. The summed E-state index contributed by atoms with van der Waals surface area (Å²) in [6, 6.07) is 13.2. The molecule has 0 atom stereocenters. The Kier molecular flexibility index (Phi) is 5.77. The number of nitrogens with one attached hydrogen (secondary N) is 3. The third-order valence-electron chi connectivity index (χ3n) is 3.83. The Morgan fingerprint density at radius 2 is 1.88 bits per heavy atom. The van der Waals surface area contributed by atoms with Crippen molar-refractivity contribution in [3.63, 3.8) is 0 Å². The number of hydrogen-bond donors (Lipinski definition) is 4. The van der Waals surface area contributed by atoms with Crippen LogP contribution < -0.4 is 11.1 Å². The van der Waals surface area contributed by atoms with Gasteiger partial charge in [-0.2, -0.15) is 0 Å². The van der Waals surface area contributed by atoms with E-state index in [9.17, 15) is 0 Å². The van der Waals surface area contributed by atoms with Gasteiger partial charge in [-0.1, -0.05) is 29.8 Å². The Balaban J connectivity index is 2.47. The van der Waals surface area contributed by atoms with Crippen molar-refractivity contribution in [2.75, 3.05) is 12.8 Å². The van der Waals surface area contributed by atoms with Gasteiger partial charge < -0.3 is 21.9 Å². The summed E-state index contributed by atoms with van der Waals surface area (Å²) in [5, 5.41) is 19.6. The molecule has 0 saturated heterocycles. The summed E-state index contributed by atoms with van der Waals surface area (Å²) in [6.45, 7) is 1.70. The van der Waals surface area contributed by atoms with Crippen LogP contribution in [0.25, 0.3) is 5.57 Å². The molecule has 0 radical (unpaired) electrons. The van der Waals surface area contributed by atoms with E-state index in [1.165, 1.54) is 6.21 Å². The monoisotopic (exact) mass is 340 g/mol. The van der Waals surface area contributed by atoms with Gasteiger partial charge in [0.25, 0.3) is 0 Å². The van der Waals surface area contributed by atoms with Crippen molar-refractivity contribution in [3.8, 4) is 0 Å². The molecule has 124 valence electrons. The quantitative estimate of drug-likeness (QED) is 0.470. The maximum atomic E-state index is 7.84. The first kappa shape index (κ1) is 17.8. The number of anilines is 1. The Morgan fingerprint density at radius 3 is 2.42 bits per heavy atom. The SMILES string of the molecule is CN/C(Cc1ccc(Cl)cc1)=C(\C=N)c1ccc(N)c(C(C)=N)c1. The summed E-state index contributed by atoms with van der Waals surface area (Å²) in [7, 11) is 1.84. The lowest BCUT2D eigenvalue weighted by Crippen LogP contribution is -2.13. The number of rotatable bonds is 6. The second-order valence-electron chi connectivity index (χ2n) is 5.52. The molecule has 0 aliphatic carbocycles. The van der Waals surface area contributed by atoms with E-state index in [2.05, 4.69) is 5.32 Å². The number of halogens is 1. The molecule has 5 heteroatoms. The highest BCUT2D eigenvalue weighted by Gasteiger charge is 2.10. The number of hydrogen-bond acceptors (Lipinski definition) is 4. The van der Waals surface area contributed by atoms with E-state index < -0.39 is 0 Å². The molecule has 0 saturated carbocycles. The summed E-state index contributed by atoms with van der Waals surface area (Å²) >= 11 is 5.93. The highest BCUT2D eigenvalue weighted by atomic mass is 35.5. The van der Waals surface area contributed by atoms with Crippen LogP contribution in [0.5, 0.6) is 0 Å². The van der Waals surface area contributed by atoms with Crippen molar-refractivity contribution < 1.29 is 0 Å². The van der Waals surface area contributed by atoms with Crippen LogP contribution in [0.1, 0.15) is 23.6 Å². The van der Waals surface area contributed by atoms with Gasteiger partial charge in [0, 0.05) is 52.9 Å². The molecule has 0 unspecified atom stereocenters. The molecule has 24 heavy (non-hydrogen) atoms. The molecule has 4 nitrogen and oxygen atoms in total. The van der Waals surface area contributed by atoms with Gasteiger partial charge in [0.15, 0.2) is 0 Å². The molecule has 0 aliphatic heterocycles. The van der Waals surface area contributed by atoms with Crippen LogP contribution >= 0.6 is 11.6 Å². The van der Waals surface area contributed by atoms with Gasteiger partial charge in [-0.25, -0.2) is 0 Å². The van der Waals surface area contributed by atoms with E-state index in [-0.39, 0.29) is 0 Å². The highest BCUT2D eigenvalue weighted by molar-refractivity contribution is 6.30. The molecule has 0 heterocycles. The van der Waals surface area contributed by atoms with Crippen molar-refractivity contribution in [1.82, 2.24) is 5.32 Å². The first-order chi connectivity index (χ1) is 11.5. The lowest BCUT2D eigenvalue weighted by Gasteiger charge is -2.14. The van der Waals surface area contributed by atoms with Gasteiger partial charge in [-0.15, -0.1) is 0 Å². The van der Waals surface area contributed by atoms with E-state index in [0.717, 1.165) is 22.4 Å². The smallest absolute Gasteiger partial charge is 0.0406 e. The molecule has 0 aromatic heterocycles. The van der Waals surface area contributed by atoms with Crippen LogP contribution in [0, 0.1) is 10.8 Å². The number of allylic oxidation sites excluding steroid dienone is 2. The summed E-state index contributed by atoms with van der Waals surface area (Å²) in [4.78, 5) is 0. The molecule has 0 aliphatic rings. The molecule has 0 bridgehead atoms. The lowest BCUT2D eigenvalue weighted by molar-refractivity contribution is 0.928. The number of benzene rings is 2. The Bertz CT molecular complexity index is 792. The third kappa shape index (κ3) is 4.03. The Labute approximate surface area is 147 Å². The maximum Gasteiger partial charge on any atom is 0.0406 e. The number of nitrogen functional groups attached to an aromatic ring is 1. The average Bonchev–Trinajstić information content (AvgIpc) is 2.57. The van der Waals surface area contributed by atoms with Crippen molar-refractivity contribution in [2.45, 2.75) is 13.3 Å². The Hall–Kier alpha value is -2.59. The van der Waals surface area contributed by atoms with E-state index in [4.69, 9.17) is 28.2 Å². The first-order valence-electron chi connectivity index (χ1n) is 7.57. The second kappa shape index (κ2) is 7.79. The normalized spacial score (nSPS) is 11.6. The van der Waals surface area contributed by atoms with E-state index in [0.29, 0.717) is 28.4 Å². The minimum absolute atomic E-state index is 0.405. The molecule has 0 spiro atoms. The van der Waals surface area contributed by atoms with Gasteiger partial charge in [0.2, 0.25) is 0 Å². The van der Waals surface area contributed by atoms with Gasteiger partial charge in [0.05, 0.1) is 0 Å². The molecule has 5 N–H and O–H groups in total. The molecule has 0 fully saturated rings.